The summed E-state index contributed by atoms with van der Waals surface area (Å²) in [5, 5.41) is -0.141. The maximum atomic E-state index is 11.6. The molecule has 13 heteroatoms. The summed E-state index contributed by atoms with van der Waals surface area (Å²) in [6, 6.07) is 0. The zero-order valence-corrected chi connectivity index (χ0v) is 16.3. The normalized spacial score (nSPS) is 24.2. The lowest BCUT2D eigenvalue weighted by Gasteiger charge is -2.23. The lowest BCUT2D eigenvalue weighted by Crippen LogP contribution is -2.40. The van der Waals surface area contributed by atoms with Crippen molar-refractivity contribution in [2.24, 2.45) is 0 Å². The molecule has 0 bridgehead atoms. The van der Waals surface area contributed by atoms with Crippen LogP contribution in [0.4, 0.5) is 0 Å². The van der Waals surface area contributed by atoms with E-state index in [1.807, 2.05) is 0 Å². The monoisotopic (exact) mass is 432 g/mol. The van der Waals surface area contributed by atoms with Crippen molar-refractivity contribution < 1.29 is 33.3 Å². The van der Waals surface area contributed by atoms with Gasteiger partial charge in [0.1, 0.15) is 5.52 Å². The lowest BCUT2D eigenvalue weighted by atomic mass is 10.2. The zero-order valence-electron chi connectivity index (χ0n) is 14.8. The molecule has 0 N–H and O–H groups in total. The standard InChI is InChI=1S/C15H14Cl2N4O7/c1-5(22)25-9-10(26-6(2)23)14(27-7(3)24)28-13(9)21-4-18-8-11(16)19-15(17)20-12(8)21/h4,9-10,13-14H,1-3H3. The number of esters is 3. The van der Waals surface area contributed by atoms with Gasteiger partial charge in [0.15, 0.2) is 23.1 Å². The Morgan fingerprint density at radius 3 is 2.21 bits per heavy atom. The van der Waals surface area contributed by atoms with Crippen molar-refractivity contribution in [3.05, 3.63) is 16.8 Å². The minimum absolute atomic E-state index is 0.00357. The number of rotatable bonds is 4. The summed E-state index contributed by atoms with van der Waals surface area (Å²) >= 11 is 11.9. The van der Waals surface area contributed by atoms with Gasteiger partial charge in [-0.15, -0.1) is 0 Å². The van der Waals surface area contributed by atoms with Crippen molar-refractivity contribution in [1.29, 1.82) is 0 Å². The van der Waals surface area contributed by atoms with Crippen molar-refractivity contribution in [3.8, 4) is 0 Å². The number of carbonyl (C=O) groups excluding carboxylic acids is 3. The molecule has 1 aliphatic heterocycles. The molecule has 2 aromatic rings. The van der Waals surface area contributed by atoms with Crippen LogP contribution in [0.3, 0.4) is 0 Å². The SMILES string of the molecule is CC(=O)OC1OC(n2cnc3c(Cl)nc(Cl)nc32)C(OC(C)=O)C1OC(C)=O. The van der Waals surface area contributed by atoms with Crippen molar-refractivity contribution in [1.82, 2.24) is 19.5 Å². The second-order valence-corrected chi connectivity index (χ2v) is 6.46. The van der Waals surface area contributed by atoms with Gasteiger partial charge in [-0.2, -0.15) is 4.98 Å². The summed E-state index contributed by atoms with van der Waals surface area (Å²) < 4.78 is 22.6. The minimum atomic E-state index is -1.33. The summed E-state index contributed by atoms with van der Waals surface area (Å²) in [6.45, 7) is 3.48. The molecule has 0 amide bonds. The number of ether oxygens (including phenoxy) is 4. The molecule has 0 spiro atoms. The molecular weight excluding hydrogens is 419 g/mol. The van der Waals surface area contributed by atoms with Crippen molar-refractivity contribution >= 4 is 52.3 Å². The fourth-order valence-electron chi connectivity index (χ4n) is 2.77. The third kappa shape index (κ3) is 4.01. The Kier molecular flexibility index (Phi) is 5.68. The summed E-state index contributed by atoms with van der Waals surface area (Å²) in [5.41, 5.74) is 0.397. The highest BCUT2D eigenvalue weighted by Crippen LogP contribution is 2.36. The predicted octanol–water partition coefficient (Wildman–Crippen LogP) is 1.41. The number of nitrogens with zero attached hydrogens (tertiary/aromatic N) is 4. The van der Waals surface area contributed by atoms with E-state index in [0.29, 0.717) is 0 Å². The molecule has 28 heavy (non-hydrogen) atoms. The molecule has 1 saturated heterocycles. The van der Waals surface area contributed by atoms with E-state index >= 15 is 0 Å². The van der Waals surface area contributed by atoms with Crippen molar-refractivity contribution in [2.75, 3.05) is 0 Å². The van der Waals surface area contributed by atoms with Gasteiger partial charge in [0.25, 0.3) is 0 Å². The Morgan fingerprint density at radius 2 is 1.61 bits per heavy atom. The van der Waals surface area contributed by atoms with Gasteiger partial charge in [-0.1, -0.05) is 11.6 Å². The van der Waals surface area contributed by atoms with Gasteiger partial charge < -0.3 is 18.9 Å². The molecule has 0 radical (unpaired) electrons. The van der Waals surface area contributed by atoms with Gasteiger partial charge in [0, 0.05) is 20.8 Å². The van der Waals surface area contributed by atoms with E-state index in [-0.39, 0.29) is 21.6 Å². The first-order valence-electron chi connectivity index (χ1n) is 7.90. The average molecular weight is 433 g/mol. The molecular formula is C15H14Cl2N4O7. The van der Waals surface area contributed by atoms with Crippen LogP contribution in [-0.2, 0) is 33.3 Å². The first-order valence-corrected chi connectivity index (χ1v) is 8.65. The first kappa shape index (κ1) is 20.2. The number of imidazole rings is 1. The van der Waals surface area contributed by atoms with E-state index < -0.39 is 42.6 Å². The van der Waals surface area contributed by atoms with E-state index in [2.05, 4.69) is 15.0 Å². The van der Waals surface area contributed by atoms with E-state index in [0.717, 1.165) is 13.8 Å². The molecule has 0 saturated carbocycles. The van der Waals surface area contributed by atoms with Crippen molar-refractivity contribution in [2.45, 2.75) is 45.5 Å². The second kappa shape index (κ2) is 7.86. The van der Waals surface area contributed by atoms with Gasteiger partial charge >= 0.3 is 17.9 Å². The number of halogens is 2. The fraction of sp³-hybridized carbons (Fsp3) is 0.467. The Labute approximate surface area is 167 Å². The number of hydrogen-bond donors (Lipinski definition) is 0. The van der Waals surface area contributed by atoms with Crippen molar-refractivity contribution in [3.63, 3.8) is 0 Å². The highest BCUT2D eigenvalue weighted by molar-refractivity contribution is 6.35. The molecule has 11 nitrogen and oxygen atoms in total. The van der Waals surface area contributed by atoms with Gasteiger partial charge in [0.2, 0.25) is 17.7 Å². The minimum Gasteiger partial charge on any atom is -0.453 e. The molecule has 150 valence electrons. The summed E-state index contributed by atoms with van der Waals surface area (Å²) in [7, 11) is 0. The molecule has 1 fully saturated rings. The van der Waals surface area contributed by atoms with Crippen LogP contribution in [0, 0.1) is 0 Å². The number of aromatic nitrogens is 4. The second-order valence-electron chi connectivity index (χ2n) is 5.76. The van der Waals surface area contributed by atoms with Crippen LogP contribution in [-0.4, -0.2) is 55.9 Å². The Hall–Kier alpha value is -2.50. The first-order chi connectivity index (χ1) is 13.2. The quantitative estimate of drug-likeness (QED) is 0.302. The molecule has 0 aliphatic carbocycles. The highest BCUT2D eigenvalue weighted by atomic mass is 35.5. The van der Waals surface area contributed by atoms with Crippen LogP contribution in [0.5, 0.6) is 0 Å². The maximum absolute atomic E-state index is 11.6. The molecule has 0 aromatic carbocycles. The van der Waals surface area contributed by atoms with Crippen LogP contribution < -0.4 is 0 Å². The van der Waals surface area contributed by atoms with Gasteiger partial charge in [-0.05, 0) is 11.6 Å². The Morgan fingerprint density at radius 1 is 1.00 bits per heavy atom. The molecule has 2 aromatic heterocycles. The van der Waals surface area contributed by atoms with Gasteiger partial charge in [-0.3, -0.25) is 19.0 Å². The van der Waals surface area contributed by atoms with E-state index in [1.54, 1.807) is 0 Å². The molecule has 1 aliphatic rings. The Bertz CT molecular complexity index is 950. The summed E-state index contributed by atoms with van der Waals surface area (Å²) in [5.74, 6) is -2.05. The summed E-state index contributed by atoms with van der Waals surface area (Å²) in [4.78, 5) is 46.5. The van der Waals surface area contributed by atoms with E-state index in [1.165, 1.54) is 17.8 Å². The molecule has 3 heterocycles. The van der Waals surface area contributed by atoms with Crippen LogP contribution in [0.15, 0.2) is 6.33 Å². The molecule has 4 unspecified atom stereocenters. The van der Waals surface area contributed by atoms with E-state index in [4.69, 9.17) is 42.1 Å². The van der Waals surface area contributed by atoms with Crippen LogP contribution in [0.1, 0.15) is 27.0 Å². The average Bonchev–Trinajstić information content (AvgIpc) is 3.09. The van der Waals surface area contributed by atoms with Crippen LogP contribution in [0.2, 0.25) is 10.4 Å². The third-order valence-electron chi connectivity index (χ3n) is 3.66. The largest absolute Gasteiger partial charge is 0.453 e. The number of hydrogen-bond acceptors (Lipinski definition) is 10. The van der Waals surface area contributed by atoms with Gasteiger partial charge in [0.05, 0.1) is 6.33 Å². The zero-order chi connectivity index (χ0) is 20.6. The predicted molar refractivity (Wildman–Crippen MR) is 92.1 cm³/mol. The lowest BCUT2D eigenvalue weighted by molar-refractivity contribution is -0.198. The van der Waals surface area contributed by atoms with E-state index in [9.17, 15) is 14.4 Å². The smallest absolute Gasteiger partial charge is 0.305 e. The number of carbonyl (C=O) groups is 3. The van der Waals surface area contributed by atoms with Crippen LogP contribution in [0.25, 0.3) is 11.2 Å². The number of fused-ring (bicyclic) bond motifs is 1. The third-order valence-corrected chi connectivity index (χ3v) is 4.09. The Balaban J connectivity index is 2.08. The highest BCUT2D eigenvalue weighted by Gasteiger charge is 2.52. The molecule has 3 rings (SSSR count). The topological polar surface area (TPSA) is 132 Å². The maximum Gasteiger partial charge on any atom is 0.305 e. The summed E-state index contributed by atoms with van der Waals surface area (Å²) in [6.07, 6.45) is -3.52. The molecule has 4 atom stereocenters. The van der Waals surface area contributed by atoms with Gasteiger partial charge in [-0.25, -0.2) is 9.97 Å². The van der Waals surface area contributed by atoms with Crippen LogP contribution >= 0.6 is 23.2 Å². The fourth-order valence-corrected chi connectivity index (χ4v) is 3.19.